The van der Waals surface area contributed by atoms with Crippen LogP contribution in [0, 0.1) is 3.70 Å². The summed E-state index contributed by atoms with van der Waals surface area (Å²) in [4.78, 5) is 11.1. The molecule has 1 heterocycles. The van der Waals surface area contributed by atoms with Crippen molar-refractivity contribution >= 4 is 22.6 Å². The van der Waals surface area contributed by atoms with E-state index in [1.807, 2.05) is 40.8 Å². The third-order valence-electron chi connectivity index (χ3n) is 1.91. The van der Waals surface area contributed by atoms with E-state index >= 15 is 0 Å². The first-order chi connectivity index (χ1) is 7.22. The predicted molar refractivity (Wildman–Crippen MR) is 60.1 cm³/mol. The fourth-order valence-corrected chi connectivity index (χ4v) is 1.66. The van der Waals surface area contributed by atoms with Crippen LogP contribution in [-0.4, -0.2) is 12.4 Å². The Morgan fingerprint density at radius 2 is 2.33 bits per heavy atom. The van der Waals surface area contributed by atoms with Crippen molar-refractivity contribution in [1.82, 2.24) is 5.27 Å². The fraction of sp³-hybridized carbons (Fsp3) is 0.111. The van der Waals surface area contributed by atoms with E-state index in [0.29, 0.717) is 3.70 Å². The van der Waals surface area contributed by atoms with Gasteiger partial charge in [0.1, 0.15) is 5.75 Å². The van der Waals surface area contributed by atoms with Gasteiger partial charge in [-0.05, 0) is 16.0 Å². The number of ether oxygens (including phenoxy) is 1. The maximum atomic E-state index is 11.1. The minimum atomic E-state index is -0.390. The van der Waals surface area contributed by atoms with Crippen LogP contribution in [0.5, 0.6) is 5.75 Å². The van der Waals surface area contributed by atoms with Gasteiger partial charge in [-0.25, -0.2) is 4.79 Å². The molecule has 1 aromatic carbocycles. The lowest BCUT2D eigenvalue weighted by atomic mass is 10.3. The predicted octanol–water partition coefficient (Wildman–Crippen LogP) is 0.858. The van der Waals surface area contributed by atoms with Crippen LogP contribution in [0.2, 0.25) is 0 Å². The summed E-state index contributed by atoms with van der Waals surface area (Å²) in [6, 6.07) is 7.31. The van der Waals surface area contributed by atoms with E-state index in [1.165, 1.54) is 0 Å². The number of aromatic nitrogens is 2. The molecule has 0 aliphatic carbocycles. The molecule has 0 aliphatic heterocycles. The Morgan fingerprint density at radius 3 is 2.93 bits per heavy atom. The lowest BCUT2D eigenvalue weighted by Crippen LogP contribution is -2.37. The van der Waals surface area contributed by atoms with E-state index < -0.39 is 5.63 Å². The largest absolute Gasteiger partial charge is 0.497 e. The third-order valence-corrected chi connectivity index (χ3v) is 2.83. The van der Waals surface area contributed by atoms with Crippen LogP contribution in [-0.2, 0) is 0 Å². The van der Waals surface area contributed by atoms with E-state index in [-0.39, 0.29) is 0 Å². The van der Waals surface area contributed by atoms with Gasteiger partial charge in [-0.3, -0.25) is 4.52 Å². The van der Waals surface area contributed by atoms with Gasteiger partial charge >= 0.3 is 9.33 Å². The van der Waals surface area contributed by atoms with Crippen LogP contribution >= 0.6 is 22.6 Å². The molecular weight excluding hydrogens is 311 g/mol. The summed E-state index contributed by atoms with van der Waals surface area (Å²) in [6.07, 6.45) is 0. The van der Waals surface area contributed by atoms with Crippen LogP contribution in [0.1, 0.15) is 0 Å². The number of hydrogen-bond donors (Lipinski definition) is 1. The molecule has 78 valence electrons. The number of benzene rings is 1. The van der Waals surface area contributed by atoms with Crippen molar-refractivity contribution in [2.75, 3.05) is 7.11 Å². The number of nitrogens with one attached hydrogen (secondary N) is 1. The van der Waals surface area contributed by atoms with Crippen molar-refractivity contribution < 1.29 is 13.9 Å². The first-order valence-electron chi connectivity index (χ1n) is 4.16. The SMILES string of the molecule is COc1cccc(-[n+]2[nH]oc(=O)c2I)c1. The zero-order valence-corrected chi connectivity index (χ0v) is 10.0. The van der Waals surface area contributed by atoms with Gasteiger partial charge in [0.2, 0.25) is 5.69 Å². The number of rotatable bonds is 2. The van der Waals surface area contributed by atoms with E-state index in [2.05, 4.69) is 9.79 Å². The number of nitrogens with zero attached hydrogens (tertiary/aromatic N) is 1. The van der Waals surface area contributed by atoms with Gasteiger partial charge in [0.15, 0.2) is 0 Å². The molecule has 0 aliphatic rings. The normalized spacial score (nSPS) is 10.3. The second-order valence-electron chi connectivity index (χ2n) is 2.81. The number of halogens is 1. The highest BCUT2D eigenvalue weighted by Gasteiger charge is 2.20. The van der Waals surface area contributed by atoms with Crippen molar-refractivity contribution in [2.45, 2.75) is 0 Å². The molecule has 2 aromatic rings. The molecular formula is C9H8IN2O3+. The average molecular weight is 319 g/mol. The minimum absolute atomic E-state index is 0.390. The summed E-state index contributed by atoms with van der Waals surface area (Å²) >= 11 is 1.91. The zero-order valence-electron chi connectivity index (χ0n) is 7.86. The Balaban J connectivity index is 2.54. The molecule has 0 saturated heterocycles. The average Bonchev–Trinajstić information content (AvgIpc) is 2.60. The summed E-state index contributed by atoms with van der Waals surface area (Å²) in [5, 5.41) is 2.51. The van der Waals surface area contributed by atoms with E-state index in [9.17, 15) is 4.79 Å². The van der Waals surface area contributed by atoms with Gasteiger partial charge < -0.3 is 4.74 Å². The van der Waals surface area contributed by atoms with Crippen LogP contribution in [0.3, 0.4) is 0 Å². The highest BCUT2D eigenvalue weighted by atomic mass is 127. The van der Waals surface area contributed by atoms with E-state index in [0.717, 1.165) is 11.4 Å². The number of aromatic amines is 1. The van der Waals surface area contributed by atoms with Crippen LogP contribution in [0.25, 0.3) is 5.69 Å². The minimum Gasteiger partial charge on any atom is -0.497 e. The Hall–Kier alpha value is -1.31. The monoisotopic (exact) mass is 319 g/mol. The van der Waals surface area contributed by atoms with E-state index in [4.69, 9.17) is 4.74 Å². The molecule has 2 rings (SSSR count). The van der Waals surface area contributed by atoms with Crippen molar-refractivity contribution in [3.05, 3.63) is 38.4 Å². The molecule has 15 heavy (non-hydrogen) atoms. The van der Waals surface area contributed by atoms with Gasteiger partial charge in [0, 0.05) is 28.7 Å². The van der Waals surface area contributed by atoms with Crippen LogP contribution in [0.4, 0.5) is 0 Å². The van der Waals surface area contributed by atoms with Gasteiger partial charge in [-0.1, -0.05) is 6.07 Å². The number of hydrogen-bond acceptors (Lipinski definition) is 3. The Labute approximate surface area is 98.8 Å². The molecule has 0 atom stereocenters. The first-order valence-corrected chi connectivity index (χ1v) is 5.23. The molecule has 0 fully saturated rings. The number of H-pyrrole nitrogens is 1. The maximum Gasteiger partial charge on any atom is 0.441 e. The second-order valence-corrected chi connectivity index (χ2v) is 3.83. The zero-order chi connectivity index (χ0) is 10.8. The third kappa shape index (κ3) is 1.89. The molecule has 0 radical (unpaired) electrons. The molecule has 0 spiro atoms. The lowest BCUT2D eigenvalue weighted by molar-refractivity contribution is -0.682. The van der Waals surface area contributed by atoms with Crippen molar-refractivity contribution in [1.29, 1.82) is 0 Å². The molecule has 0 saturated carbocycles. The number of methoxy groups -OCH3 is 1. The molecule has 0 unspecified atom stereocenters. The van der Waals surface area contributed by atoms with Crippen LogP contribution in [0.15, 0.2) is 33.6 Å². The highest BCUT2D eigenvalue weighted by molar-refractivity contribution is 14.1. The molecule has 1 aromatic heterocycles. The standard InChI is InChI=1S/C9H7IN2O3/c1-14-7-4-2-3-6(5-7)12-8(10)9(13)15-11-12/h2-5H,1H3/p+1. The van der Waals surface area contributed by atoms with Gasteiger partial charge in [-0.2, -0.15) is 0 Å². The van der Waals surface area contributed by atoms with Crippen molar-refractivity contribution in [3.63, 3.8) is 0 Å². The van der Waals surface area contributed by atoms with Crippen molar-refractivity contribution in [3.8, 4) is 11.4 Å². The van der Waals surface area contributed by atoms with Gasteiger partial charge in [0.25, 0.3) is 0 Å². The molecule has 1 N–H and O–H groups in total. The summed E-state index contributed by atoms with van der Waals surface area (Å²) in [5.41, 5.74) is 0.392. The lowest BCUT2D eigenvalue weighted by Gasteiger charge is -1.97. The first kappa shape index (κ1) is 10.2. The fourth-order valence-electron chi connectivity index (χ4n) is 1.18. The van der Waals surface area contributed by atoms with Crippen LogP contribution < -0.4 is 15.0 Å². The quantitative estimate of drug-likeness (QED) is 0.660. The summed E-state index contributed by atoms with van der Waals surface area (Å²) < 4.78 is 11.7. The van der Waals surface area contributed by atoms with Crippen molar-refractivity contribution in [2.24, 2.45) is 0 Å². The summed E-state index contributed by atoms with van der Waals surface area (Å²) in [5.74, 6) is 0.720. The Kier molecular flexibility index (Phi) is 2.76. The topological polar surface area (TPSA) is 59.1 Å². The smallest absolute Gasteiger partial charge is 0.441 e. The molecule has 0 amide bonds. The second kappa shape index (κ2) is 4.05. The summed E-state index contributed by atoms with van der Waals surface area (Å²) in [7, 11) is 1.59. The van der Waals surface area contributed by atoms with Gasteiger partial charge in [-0.15, -0.1) is 0 Å². The Bertz CT molecular complexity index is 532. The maximum absolute atomic E-state index is 11.1. The molecule has 0 bridgehead atoms. The highest BCUT2D eigenvalue weighted by Crippen LogP contribution is 2.12. The van der Waals surface area contributed by atoms with E-state index in [1.54, 1.807) is 17.9 Å². The summed E-state index contributed by atoms with van der Waals surface area (Å²) in [6.45, 7) is 0. The Morgan fingerprint density at radius 1 is 1.53 bits per heavy atom. The van der Waals surface area contributed by atoms with Gasteiger partial charge in [0.05, 0.1) is 13.2 Å². The molecule has 5 nitrogen and oxygen atoms in total. The molecule has 6 heteroatoms.